The lowest BCUT2D eigenvalue weighted by Crippen LogP contribution is -1.97. The molecule has 7 heteroatoms. The van der Waals surface area contributed by atoms with Gasteiger partial charge in [-0.25, -0.2) is 15.0 Å². The number of ether oxygens (including phenoxy) is 1. The zero-order valence-electron chi connectivity index (χ0n) is 12.0. The summed E-state index contributed by atoms with van der Waals surface area (Å²) in [7, 11) is 1.61. The first-order valence-electron chi connectivity index (χ1n) is 6.53. The molecule has 3 aromatic rings. The Balaban J connectivity index is 1.88. The van der Waals surface area contributed by atoms with Crippen LogP contribution in [-0.4, -0.2) is 22.1 Å². The number of halogens is 1. The molecule has 2 aromatic heterocycles. The number of hydrogen-bond acceptors (Lipinski definition) is 6. The predicted molar refractivity (Wildman–Crippen MR) is 89.2 cm³/mol. The van der Waals surface area contributed by atoms with Crippen molar-refractivity contribution in [2.24, 2.45) is 0 Å². The van der Waals surface area contributed by atoms with Gasteiger partial charge in [-0.3, -0.25) is 0 Å². The summed E-state index contributed by atoms with van der Waals surface area (Å²) < 4.78 is 5.17. The first-order chi connectivity index (χ1) is 10.7. The summed E-state index contributed by atoms with van der Waals surface area (Å²) >= 11 is 7.34. The van der Waals surface area contributed by atoms with Gasteiger partial charge in [-0.15, -0.1) is 0 Å². The zero-order chi connectivity index (χ0) is 15.5. The molecular formula is C15H13ClN4OS. The van der Waals surface area contributed by atoms with E-state index in [4.69, 9.17) is 16.3 Å². The van der Waals surface area contributed by atoms with Crippen LogP contribution in [0.1, 0.15) is 5.69 Å². The summed E-state index contributed by atoms with van der Waals surface area (Å²) in [6.07, 6.45) is 1.71. The van der Waals surface area contributed by atoms with Crippen molar-refractivity contribution in [3.63, 3.8) is 0 Å². The molecule has 2 heterocycles. The van der Waals surface area contributed by atoms with Crippen LogP contribution < -0.4 is 10.1 Å². The van der Waals surface area contributed by atoms with Crippen molar-refractivity contribution < 1.29 is 4.74 Å². The van der Waals surface area contributed by atoms with E-state index in [1.165, 1.54) is 11.3 Å². The number of aryl methyl sites for hydroxylation is 1. The Kier molecular flexibility index (Phi) is 4.22. The van der Waals surface area contributed by atoms with Crippen LogP contribution in [0.25, 0.3) is 10.6 Å². The van der Waals surface area contributed by atoms with E-state index in [9.17, 15) is 0 Å². The van der Waals surface area contributed by atoms with Crippen molar-refractivity contribution in [3.8, 4) is 15.8 Å². The lowest BCUT2D eigenvalue weighted by Gasteiger charge is -2.06. The second-order valence-electron chi connectivity index (χ2n) is 4.50. The highest BCUT2D eigenvalue weighted by Crippen LogP contribution is 2.33. The number of methoxy groups -OCH3 is 1. The molecular weight excluding hydrogens is 320 g/mol. The fourth-order valence-corrected chi connectivity index (χ4v) is 2.88. The van der Waals surface area contributed by atoms with Gasteiger partial charge in [0, 0.05) is 16.9 Å². The largest absolute Gasteiger partial charge is 0.473 e. The van der Waals surface area contributed by atoms with Crippen molar-refractivity contribution in [3.05, 3.63) is 47.2 Å². The summed E-state index contributed by atoms with van der Waals surface area (Å²) in [4.78, 5) is 14.1. The van der Waals surface area contributed by atoms with Gasteiger partial charge in [0.2, 0.25) is 5.95 Å². The van der Waals surface area contributed by atoms with Crippen molar-refractivity contribution in [2.75, 3.05) is 12.4 Å². The summed E-state index contributed by atoms with van der Waals surface area (Å²) in [5, 5.41) is 4.46. The van der Waals surface area contributed by atoms with Gasteiger partial charge < -0.3 is 10.1 Å². The summed E-state index contributed by atoms with van der Waals surface area (Å²) in [6, 6.07) is 9.23. The van der Waals surface area contributed by atoms with Gasteiger partial charge >= 0.3 is 0 Å². The summed E-state index contributed by atoms with van der Waals surface area (Å²) in [6.45, 7) is 1.93. The molecule has 0 saturated heterocycles. The molecule has 0 spiro atoms. The molecule has 0 bridgehead atoms. The second-order valence-corrected chi connectivity index (χ2v) is 5.89. The molecule has 0 unspecified atom stereocenters. The summed E-state index contributed by atoms with van der Waals surface area (Å²) in [5.74, 6) is 0.520. The highest BCUT2D eigenvalue weighted by Gasteiger charge is 2.12. The number of hydrogen-bond donors (Lipinski definition) is 1. The Morgan fingerprint density at radius 1 is 1.14 bits per heavy atom. The van der Waals surface area contributed by atoms with Crippen LogP contribution in [0.15, 0.2) is 36.5 Å². The van der Waals surface area contributed by atoms with Crippen molar-refractivity contribution in [1.82, 2.24) is 15.0 Å². The van der Waals surface area contributed by atoms with Crippen LogP contribution in [-0.2, 0) is 0 Å². The topological polar surface area (TPSA) is 59.9 Å². The fourth-order valence-electron chi connectivity index (χ4n) is 1.90. The van der Waals surface area contributed by atoms with E-state index in [2.05, 4.69) is 20.3 Å². The monoisotopic (exact) mass is 332 g/mol. The minimum Gasteiger partial charge on any atom is -0.473 e. The maximum Gasteiger partial charge on any atom is 0.273 e. The SMILES string of the molecule is COc1nc(C)c(-c2ccnc(Nc3ccc(Cl)cc3)n2)s1. The molecule has 0 aliphatic carbocycles. The smallest absolute Gasteiger partial charge is 0.273 e. The highest BCUT2D eigenvalue weighted by atomic mass is 35.5. The Hall–Kier alpha value is -2.18. The number of nitrogens with zero attached hydrogens (tertiary/aromatic N) is 3. The van der Waals surface area contributed by atoms with Gasteiger partial charge in [-0.1, -0.05) is 22.9 Å². The molecule has 0 aliphatic heterocycles. The molecule has 0 fully saturated rings. The van der Waals surface area contributed by atoms with Gasteiger partial charge in [-0.2, -0.15) is 0 Å². The van der Waals surface area contributed by atoms with Crippen molar-refractivity contribution >= 4 is 34.6 Å². The average molecular weight is 333 g/mol. The van der Waals surface area contributed by atoms with Crippen molar-refractivity contribution in [1.29, 1.82) is 0 Å². The molecule has 1 N–H and O–H groups in total. The van der Waals surface area contributed by atoms with Crippen LogP contribution in [0.3, 0.4) is 0 Å². The first-order valence-corrected chi connectivity index (χ1v) is 7.72. The molecule has 3 rings (SSSR count). The average Bonchev–Trinajstić information content (AvgIpc) is 2.91. The van der Waals surface area contributed by atoms with Crippen LogP contribution in [0.4, 0.5) is 11.6 Å². The number of rotatable bonds is 4. The normalized spacial score (nSPS) is 10.5. The van der Waals surface area contributed by atoms with E-state index in [1.807, 2.05) is 37.3 Å². The van der Waals surface area contributed by atoms with Gasteiger partial charge in [-0.05, 0) is 37.3 Å². The predicted octanol–water partition coefficient (Wildman–Crippen LogP) is 4.31. The molecule has 22 heavy (non-hydrogen) atoms. The number of benzene rings is 1. The minimum atomic E-state index is 0.520. The Bertz CT molecular complexity index is 788. The van der Waals surface area contributed by atoms with E-state index in [0.717, 1.165) is 22.0 Å². The van der Waals surface area contributed by atoms with Crippen LogP contribution >= 0.6 is 22.9 Å². The third kappa shape index (κ3) is 3.18. The standard InChI is InChI=1S/C15H13ClN4OS/c1-9-13(22-15(18-9)21-2)12-7-8-17-14(20-12)19-11-5-3-10(16)4-6-11/h3-8H,1-2H3,(H,17,19,20). The maximum atomic E-state index is 5.88. The lowest BCUT2D eigenvalue weighted by atomic mass is 10.3. The molecule has 112 valence electrons. The molecule has 0 aliphatic rings. The Labute approximate surface area is 137 Å². The first kappa shape index (κ1) is 14.7. The van der Waals surface area contributed by atoms with E-state index in [0.29, 0.717) is 16.2 Å². The van der Waals surface area contributed by atoms with Crippen LogP contribution in [0.5, 0.6) is 5.19 Å². The lowest BCUT2D eigenvalue weighted by molar-refractivity contribution is 0.411. The van der Waals surface area contributed by atoms with Crippen LogP contribution in [0.2, 0.25) is 5.02 Å². The zero-order valence-corrected chi connectivity index (χ0v) is 13.6. The van der Waals surface area contributed by atoms with Gasteiger partial charge in [0.1, 0.15) is 0 Å². The molecule has 1 aromatic carbocycles. The third-order valence-corrected chi connectivity index (χ3v) is 4.33. The number of nitrogens with one attached hydrogen (secondary N) is 1. The number of thiazole rings is 1. The van der Waals surface area contributed by atoms with Gasteiger partial charge in [0.25, 0.3) is 5.19 Å². The summed E-state index contributed by atoms with van der Waals surface area (Å²) in [5.41, 5.74) is 2.57. The molecule has 0 saturated carbocycles. The molecule has 0 atom stereocenters. The highest BCUT2D eigenvalue weighted by molar-refractivity contribution is 7.17. The van der Waals surface area contributed by atoms with E-state index in [1.54, 1.807) is 13.3 Å². The fraction of sp³-hybridized carbons (Fsp3) is 0.133. The molecule has 5 nitrogen and oxygen atoms in total. The van der Waals surface area contributed by atoms with E-state index in [-0.39, 0.29) is 0 Å². The molecule has 0 amide bonds. The maximum absolute atomic E-state index is 5.88. The van der Waals surface area contributed by atoms with Gasteiger partial charge in [0.15, 0.2) is 0 Å². The quantitative estimate of drug-likeness (QED) is 0.771. The Morgan fingerprint density at radius 3 is 2.59 bits per heavy atom. The third-order valence-electron chi connectivity index (χ3n) is 2.94. The van der Waals surface area contributed by atoms with E-state index >= 15 is 0 Å². The minimum absolute atomic E-state index is 0.520. The van der Waals surface area contributed by atoms with Gasteiger partial charge in [0.05, 0.1) is 23.4 Å². The number of anilines is 2. The van der Waals surface area contributed by atoms with Crippen molar-refractivity contribution in [2.45, 2.75) is 6.92 Å². The molecule has 0 radical (unpaired) electrons. The van der Waals surface area contributed by atoms with Crippen LogP contribution in [0, 0.1) is 6.92 Å². The number of aromatic nitrogens is 3. The Morgan fingerprint density at radius 2 is 1.91 bits per heavy atom. The second kappa shape index (κ2) is 6.29. The van der Waals surface area contributed by atoms with E-state index < -0.39 is 0 Å².